The minimum Gasteiger partial charge on any atom is -0.445 e. The van der Waals surface area contributed by atoms with Crippen molar-refractivity contribution in [2.24, 2.45) is 0 Å². The summed E-state index contributed by atoms with van der Waals surface area (Å²) in [6.07, 6.45) is 0.0333. The van der Waals surface area contributed by atoms with Crippen molar-refractivity contribution in [2.45, 2.75) is 44.1 Å². The second kappa shape index (κ2) is 8.63. The number of hydrogen-bond acceptors (Lipinski definition) is 6. The van der Waals surface area contributed by atoms with Crippen LogP contribution >= 0.6 is 11.6 Å². The van der Waals surface area contributed by atoms with E-state index in [0.29, 0.717) is 23.6 Å². The topological polar surface area (TPSA) is 88.6 Å². The van der Waals surface area contributed by atoms with Crippen LogP contribution in [0.2, 0.25) is 5.02 Å². The van der Waals surface area contributed by atoms with E-state index in [9.17, 15) is 9.59 Å². The van der Waals surface area contributed by atoms with E-state index in [1.807, 2.05) is 37.3 Å². The predicted molar refractivity (Wildman–Crippen MR) is 108 cm³/mol. The minimum absolute atomic E-state index is 0.0290. The van der Waals surface area contributed by atoms with Crippen molar-refractivity contribution >= 4 is 23.7 Å². The first-order valence-electron chi connectivity index (χ1n) is 9.76. The number of nitrogens with zero attached hydrogens (tertiary/aromatic N) is 1. The van der Waals surface area contributed by atoms with E-state index in [1.54, 1.807) is 23.1 Å². The number of carbonyl (C=O) groups excluding carboxylic acids is 2. The van der Waals surface area contributed by atoms with Gasteiger partial charge < -0.3 is 14.4 Å². The maximum atomic E-state index is 12.9. The zero-order valence-corrected chi connectivity index (χ0v) is 17.1. The fourth-order valence-corrected chi connectivity index (χ4v) is 4.43. The number of epoxide rings is 1. The van der Waals surface area contributed by atoms with E-state index in [2.05, 4.69) is 4.89 Å². The minimum atomic E-state index is -0.893. The number of rotatable bonds is 4. The zero-order chi connectivity index (χ0) is 21.3. The van der Waals surface area contributed by atoms with Crippen LogP contribution in [0.25, 0.3) is 0 Å². The van der Waals surface area contributed by atoms with Crippen LogP contribution in [-0.2, 0) is 21.0 Å². The number of likely N-dealkylation sites (tertiary alicyclic amines) is 1. The third kappa shape index (κ3) is 4.14. The molecule has 0 radical (unpaired) electrons. The number of hydrogen-bond donors (Lipinski definition) is 1. The summed E-state index contributed by atoms with van der Waals surface area (Å²) in [5.41, 5.74) is 1.59. The van der Waals surface area contributed by atoms with Crippen molar-refractivity contribution in [1.29, 1.82) is 0 Å². The van der Waals surface area contributed by atoms with E-state index in [4.69, 9.17) is 26.3 Å². The lowest BCUT2D eigenvalue weighted by Crippen LogP contribution is -2.43. The summed E-state index contributed by atoms with van der Waals surface area (Å²) in [5.74, 6) is -1.19. The van der Waals surface area contributed by atoms with Crippen LogP contribution in [0.3, 0.4) is 0 Å². The van der Waals surface area contributed by atoms with Gasteiger partial charge >= 0.3 is 12.1 Å². The lowest BCUT2D eigenvalue weighted by atomic mass is 9.85. The molecule has 4 rings (SSSR count). The highest BCUT2D eigenvalue weighted by atomic mass is 35.5. The molecule has 0 aromatic heterocycles. The molecule has 1 unspecified atom stereocenters. The van der Waals surface area contributed by atoms with Crippen molar-refractivity contribution < 1.29 is 29.2 Å². The lowest BCUT2D eigenvalue weighted by Gasteiger charge is -2.33. The molecule has 0 bridgehead atoms. The number of carbonyl (C=O) groups is 2. The van der Waals surface area contributed by atoms with Gasteiger partial charge in [0.1, 0.15) is 12.7 Å². The van der Waals surface area contributed by atoms with Crippen LogP contribution in [0, 0.1) is 0 Å². The Kier molecular flexibility index (Phi) is 5.94. The van der Waals surface area contributed by atoms with Crippen LogP contribution in [0.4, 0.5) is 4.79 Å². The Morgan fingerprint density at radius 1 is 1.17 bits per heavy atom. The highest BCUT2D eigenvalue weighted by molar-refractivity contribution is 6.32. The SMILES string of the molecule is C[C@@H]1C(c2c(Cl)cccc2C(=O)OO)C[C@H]2O[C@H]2CN1C(=O)OCc1ccccc1. The molecule has 30 heavy (non-hydrogen) atoms. The van der Waals surface area contributed by atoms with Gasteiger partial charge in [-0.25, -0.2) is 9.59 Å². The first-order valence-corrected chi connectivity index (χ1v) is 10.1. The van der Waals surface area contributed by atoms with Crippen LogP contribution in [-0.4, -0.2) is 47.0 Å². The Balaban J connectivity index is 1.60. The highest BCUT2D eigenvalue weighted by Crippen LogP contribution is 2.43. The molecule has 2 aromatic rings. The smallest absolute Gasteiger partial charge is 0.410 e. The average molecular weight is 432 g/mol. The van der Waals surface area contributed by atoms with Crippen LogP contribution in [0.15, 0.2) is 48.5 Å². The van der Waals surface area contributed by atoms with Gasteiger partial charge in [-0.05, 0) is 36.6 Å². The molecule has 1 N–H and O–H groups in total. The van der Waals surface area contributed by atoms with Gasteiger partial charge in [0.05, 0.1) is 18.2 Å². The molecule has 2 heterocycles. The fourth-order valence-electron chi connectivity index (χ4n) is 4.11. The summed E-state index contributed by atoms with van der Waals surface area (Å²) in [4.78, 5) is 30.6. The largest absolute Gasteiger partial charge is 0.445 e. The fraction of sp³-hybridized carbons (Fsp3) is 0.364. The molecular weight excluding hydrogens is 410 g/mol. The Morgan fingerprint density at radius 3 is 2.67 bits per heavy atom. The molecule has 0 spiro atoms. The normalized spacial score (nSPS) is 25.1. The first-order chi connectivity index (χ1) is 14.5. The molecule has 7 nitrogen and oxygen atoms in total. The van der Waals surface area contributed by atoms with E-state index in [0.717, 1.165) is 5.56 Å². The van der Waals surface area contributed by atoms with Gasteiger partial charge in [0, 0.05) is 17.0 Å². The van der Waals surface area contributed by atoms with Gasteiger partial charge in [-0.1, -0.05) is 48.0 Å². The van der Waals surface area contributed by atoms with Gasteiger partial charge in [-0.2, -0.15) is 5.26 Å². The maximum absolute atomic E-state index is 12.9. The average Bonchev–Trinajstić information content (AvgIpc) is 3.52. The summed E-state index contributed by atoms with van der Waals surface area (Å²) in [7, 11) is 0. The van der Waals surface area contributed by atoms with Crippen molar-refractivity contribution in [3.8, 4) is 0 Å². The van der Waals surface area contributed by atoms with Crippen molar-refractivity contribution in [3.05, 3.63) is 70.2 Å². The summed E-state index contributed by atoms with van der Waals surface area (Å²) < 4.78 is 11.3. The van der Waals surface area contributed by atoms with E-state index in [-0.39, 0.29) is 36.3 Å². The Bertz CT molecular complexity index is 936. The molecule has 1 amide bonds. The molecule has 158 valence electrons. The second-order valence-corrected chi connectivity index (χ2v) is 7.98. The molecule has 2 aliphatic heterocycles. The third-order valence-corrected chi connectivity index (χ3v) is 6.12. The van der Waals surface area contributed by atoms with E-state index in [1.165, 1.54) is 0 Å². The number of benzene rings is 2. The molecule has 4 atom stereocenters. The second-order valence-electron chi connectivity index (χ2n) is 7.57. The van der Waals surface area contributed by atoms with Crippen molar-refractivity contribution in [1.82, 2.24) is 4.90 Å². The van der Waals surface area contributed by atoms with E-state index >= 15 is 0 Å². The van der Waals surface area contributed by atoms with Gasteiger partial charge in [0.15, 0.2) is 0 Å². The molecular formula is C22H22ClNO6. The lowest BCUT2D eigenvalue weighted by molar-refractivity contribution is -0.182. The molecule has 8 heteroatoms. The first kappa shape index (κ1) is 20.7. The van der Waals surface area contributed by atoms with Crippen LogP contribution < -0.4 is 0 Å². The monoisotopic (exact) mass is 431 g/mol. The molecule has 2 fully saturated rings. The van der Waals surface area contributed by atoms with E-state index < -0.39 is 12.1 Å². The number of halogens is 1. The third-order valence-electron chi connectivity index (χ3n) is 5.79. The molecule has 0 aliphatic carbocycles. The highest BCUT2D eigenvalue weighted by Gasteiger charge is 2.49. The van der Waals surface area contributed by atoms with Gasteiger partial charge in [-0.3, -0.25) is 4.89 Å². The van der Waals surface area contributed by atoms with Crippen LogP contribution in [0.5, 0.6) is 0 Å². The van der Waals surface area contributed by atoms with Crippen LogP contribution in [0.1, 0.15) is 40.7 Å². The number of ether oxygens (including phenoxy) is 2. The van der Waals surface area contributed by atoms with Crippen molar-refractivity contribution in [2.75, 3.05) is 6.54 Å². The summed E-state index contributed by atoms with van der Waals surface area (Å²) in [6.45, 7) is 2.47. The maximum Gasteiger partial charge on any atom is 0.410 e. The molecule has 2 aliphatic rings. The van der Waals surface area contributed by atoms with Gasteiger partial charge in [0.2, 0.25) is 0 Å². The summed E-state index contributed by atoms with van der Waals surface area (Å²) >= 11 is 6.45. The van der Waals surface area contributed by atoms with Gasteiger partial charge in [0.25, 0.3) is 0 Å². The quantitative estimate of drug-likeness (QED) is 0.442. The standard InChI is InChI=1S/C22H22ClNO6/c1-13-16(20-15(21(25)30-27)8-5-9-17(20)23)10-18-19(29-18)11-24(13)22(26)28-12-14-6-3-2-4-7-14/h2-9,13,16,18-19,27H,10-12H2,1H3/t13-,16?,18-,19+/m1/s1. The Labute approximate surface area is 179 Å². The zero-order valence-electron chi connectivity index (χ0n) is 16.4. The summed E-state index contributed by atoms with van der Waals surface area (Å²) in [6, 6.07) is 14.0. The molecule has 0 saturated carbocycles. The summed E-state index contributed by atoms with van der Waals surface area (Å²) in [5, 5.41) is 9.27. The predicted octanol–water partition coefficient (Wildman–Crippen LogP) is 4.25. The Morgan fingerprint density at radius 2 is 1.93 bits per heavy atom. The van der Waals surface area contributed by atoms with Crippen molar-refractivity contribution in [3.63, 3.8) is 0 Å². The molecule has 2 aromatic carbocycles. The van der Waals surface area contributed by atoms with Gasteiger partial charge in [-0.15, -0.1) is 0 Å². The Hall–Kier alpha value is -2.61. The number of fused-ring (bicyclic) bond motifs is 1. The number of amides is 1. The molecule has 2 saturated heterocycles.